The Hall–Kier alpha value is -3.88. The first-order chi connectivity index (χ1) is 15.9. The molecule has 0 saturated heterocycles. The minimum Gasteiger partial charge on any atom is -0.497 e. The molecule has 1 aliphatic heterocycles. The summed E-state index contributed by atoms with van der Waals surface area (Å²) >= 11 is 0. The summed E-state index contributed by atoms with van der Waals surface area (Å²) < 4.78 is 23.8. The summed E-state index contributed by atoms with van der Waals surface area (Å²) in [6.45, 7) is 3.26. The maximum Gasteiger partial charge on any atom is 0.332 e. The summed E-state index contributed by atoms with van der Waals surface area (Å²) in [5, 5.41) is 0. The molecular weight excluding hydrogens is 425 g/mol. The number of aromatic nitrogens is 4. The highest BCUT2D eigenvalue weighted by atomic mass is 19.1. The number of hydrogen-bond donors (Lipinski definition) is 0. The van der Waals surface area contributed by atoms with Gasteiger partial charge in [-0.3, -0.25) is 13.9 Å². The van der Waals surface area contributed by atoms with Gasteiger partial charge >= 0.3 is 5.69 Å². The molecule has 0 fully saturated rings. The zero-order valence-electron chi connectivity index (χ0n) is 18.7. The van der Waals surface area contributed by atoms with E-state index in [-0.39, 0.29) is 18.0 Å². The Labute approximate surface area is 189 Å². The summed E-state index contributed by atoms with van der Waals surface area (Å²) in [6, 6.07) is 13.8. The van der Waals surface area contributed by atoms with E-state index in [1.165, 1.54) is 10.6 Å². The predicted molar refractivity (Wildman–Crippen MR) is 124 cm³/mol. The van der Waals surface area contributed by atoms with Crippen molar-refractivity contribution in [1.29, 1.82) is 0 Å². The molecule has 2 aromatic heterocycles. The number of rotatable bonds is 4. The monoisotopic (exact) mass is 449 g/mol. The summed E-state index contributed by atoms with van der Waals surface area (Å²) in [5.41, 5.74) is 0.846. The fourth-order valence-electron chi connectivity index (χ4n) is 4.42. The fraction of sp³-hybridized carbons (Fsp3) is 0.292. The lowest BCUT2D eigenvalue weighted by Crippen LogP contribution is -2.40. The third kappa shape index (κ3) is 3.40. The van der Waals surface area contributed by atoms with Crippen LogP contribution in [-0.2, 0) is 20.1 Å². The van der Waals surface area contributed by atoms with Gasteiger partial charge in [-0.15, -0.1) is 0 Å². The Balaban J connectivity index is 1.70. The van der Waals surface area contributed by atoms with Crippen molar-refractivity contribution < 1.29 is 9.13 Å². The van der Waals surface area contributed by atoms with Gasteiger partial charge in [0.15, 0.2) is 11.2 Å². The number of nitrogens with zero attached hydrogens (tertiary/aromatic N) is 5. The number of benzene rings is 2. The topological polar surface area (TPSA) is 74.3 Å². The van der Waals surface area contributed by atoms with E-state index in [2.05, 4.69) is 6.92 Å². The van der Waals surface area contributed by atoms with Crippen molar-refractivity contribution in [2.24, 2.45) is 13.0 Å². The third-order valence-electron chi connectivity index (χ3n) is 6.11. The Morgan fingerprint density at radius 2 is 1.82 bits per heavy atom. The van der Waals surface area contributed by atoms with Crippen molar-refractivity contribution in [3.63, 3.8) is 0 Å². The van der Waals surface area contributed by atoms with E-state index < -0.39 is 17.1 Å². The van der Waals surface area contributed by atoms with Crippen LogP contribution in [-0.4, -0.2) is 32.3 Å². The van der Waals surface area contributed by atoms with Gasteiger partial charge in [-0.05, 0) is 36.2 Å². The molecule has 33 heavy (non-hydrogen) atoms. The lowest BCUT2D eigenvalue weighted by atomic mass is 10.1. The molecule has 0 unspecified atom stereocenters. The zero-order chi connectivity index (χ0) is 23.3. The van der Waals surface area contributed by atoms with Gasteiger partial charge in [-0.25, -0.2) is 9.18 Å². The first-order valence-corrected chi connectivity index (χ1v) is 10.7. The number of methoxy groups -OCH3 is 1. The molecule has 5 rings (SSSR count). The molecule has 4 aromatic rings. The molecule has 0 bridgehead atoms. The van der Waals surface area contributed by atoms with Gasteiger partial charge in [0, 0.05) is 31.4 Å². The molecule has 0 saturated carbocycles. The second-order valence-electron chi connectivity index (χ2n) is 8.43. The lowest BCUT2D eigenvalue weighted by molar-refractivity contribution is 0.414. The van der Waals surface area contributed by atoms with Crippen LogP contribution < -0.4 is 20.9 Å². The van der Waals surface area contributed by atoms with Gasteiger partial charge in [0.25, 0.3) is 5.56 Å². The van der Waals surface area contributed by atoms with Crippen LogP contribution in [0.3, 0.4) is 0 Å². The van der Waals surface area contributed by atoms with Crippen LogP contribution in [0.1, 0.15) is 12.5 Å². The number of anilines is 2. The second-order valence-corrected chi connectivity index (χ2v) is 8.43. The van der Waals surface area contributed by atoms with Gasteiger partial charge in [0.05, 0.1) is 13.7 Å². The maximum atomic E-state index is 14.3. The molecule has 1 atom stereocenters. The highest BCUT2D eigenvalue weighted by molar-refractivity contribution is 5.77. The summed E-state index contributed by atoms with van der Waals surface area (Å²) in [7, 11) is 3.20. The first kappa shape index (κ1) is 21.0. The van der Waals surface area contributed by atoms with Gasteiger partial charge in [-0.2, -0.15) is 4.98 Å². The quantitative estimate of drug-likeness (QED) is 0.479. The fourth-order valence-corrected chi connectivity index (χ4v) is 4.42. The molecule has 0 N–H and O–H groups in total. The van der Waals surface area contributed by atoms with E-state index in [9.17, 15) is 14.0 Å². The first-order valence-electron chi connectivity index (χ1n) is 10.7. The van der Waals surface area contributed by atoms with Gasteiger partial charge in [-0.1, -0.05) is 25.1 Å². The Morgan fingerprint density at radius 1 is 1.09 bits per heavy atom. The maximum absolute atomic E-state index is 14.3. The molecule has 170 valence electrons. The normalized spacial score (nSPS) is 15.6. The molecule has 1 aliphatic rings. The van der Waals surface area contributed by atoms with Crippen LogP contribution in [0.4, 0.5) is 16.0 Å². The molecule has 0 radical (unpaired) electrons. The van der Waals surface area contributed by atoms with Crippen LogP contribution >= 0.6 is 0 Å². The number of hydrogen-bond acceptors (Lipinski definition) is 5. The standard InChI is InChI=1S/C24H24FN5O3/c1-15-12-28(17-8-10-18(33-3)11-9-17)23-26-21-20(29(23)13-15)22(31)30(24(32)27(21)2)14-16-6-4-5-7-19(16)25/h4-11,15H,12-14H2,1-3H3/t15-/m0/s1. The number of imidazole rings is 1. The summed E-state index contributed by atoms with van der Waals surface area (Å²) in [6.07, 6.45) is 0. The van der Waals surface area contributed by atoms with Crippen molar-refractivity contribution in [1.82, 2.24) is 18.7 Å². The number of fused-ring (bicyclic) bond motifs is 3. The van der Waals surface area contributed by atoms with E-state index in [1.54, 1.807) is 32.4 Å². The van der Waals surface area contributed by atoms with Crippen molar-refractivity contribution >= 4 is 22.8 Å². The highest BCUT2D eigenvalue weighted by Crippen LogP contribution is 2.33. The molecular formula is C24H24FN5O3. The minimum atomic E-state index is -0.532. The molecule has 3 heterocycles. The molecule has 0 aliphatic carbocycles. The molecule has 0 spiro atoms. The Morgan fingerprint density at radius 3 is 2.52 bits per heavy atom. The predicted octanol–water partition coefficient (Wildman–Crippen LogP) is 2.88. The van der Waals surface area contributed by atoms with E-state index >= 15 is 0 Å². The van der Waals surface area contributed by atoms with E-state index in [4.69, 9.17) is 9.72 Å². The summed E-state index contributed by atoms with van der Waals surface area (Å²) in [5.74, 6) is 1.12. The van der Waals surface area contributed by atoms with Gasteiger partial charge in [0.2, 0.25) is 5.95 Å². The van der Waals surface area contributed by atoms with Crippen LogP contribution in [0, 0.1) is 11.7 Å². The number of halogens is 1. The molecule has 0 amide bonds. The molecule has 2 aromatic carbocycles. The van der Waals surface area contributed by atoms with E-state index in [1.807, 2.05) is 33.7 Å². The van der Waals surface area contributed by atoms with Crippen LogP contribution in [0.5, 0.6) is 5.75 Å². The second kappa shape index (κ2) is 7.91. The average molecular weight is 449 g/mol. The minimum absolute atomic E-state index is 0.146. The van der Waals surface area contributed by atoms with Gasteiger partial charge in [0.1, 0.15) is 11.6 Å². The SMILES string of the molecule is COc1ccc(N2C[C@H](C)Cn3c2nc2c3c(=O)n(Cc3ccccc3F)c(=O)n2C)cc1. The largest absolute Gasteiger partial charge is 0.497 e. The Kier molecular flexibility index (Phi) is 5.03. The summed E-state index contributed by atoms with van der Waals surface area (Å²) in [4.78, 5) is 33.3. The molecule has 8 nitrogen and oxygen atoms in total. The number of aryl methyl sites for hydroxylation is 1. The lowest BCUT2D eigenvalue weighted by Gasteiger charge is -2.33. The van der Waals surface area contributed by atoms with E-state index in [0.29, 0.717) is 30.2 Å². The number of ether oxygens (including phenoxy) is 1. The Bertz CT molecular complexity index is 1470. The van der Waals surface area contributed by atoms with Crippen molar-refractivity contribution in [2.75, 3.05) is 18.6 Å². The average Bonchev–Trinajstić information content (AvgIpc) is 3.20. The van der Waals surface area contributed by atoms with Crippen LogP contribution in [0.2, 0.25) is 0 Å². The van der Waals surface area contributed by atoms with Crippen LogP contribution in [0.15, 0.2) is 58.1 Å². The van der Waals surface area contributed by atoms with E-state index in [0.717, 1.165) is 16.0 Å². The van der Waals surface area contributed by atoms with Crippen molar-refractivity contribution in [2.45, 2.75) is 20.0 Å². The zero-order valence-corrected chi connectivity index (χ0v) is 18.7. The third-order valence-corrected chi connectivity index (χ3v) is 6.11. The van der Waals surface area contributed by atoms with Crippen LogP contribution in [0.25, 0.3) is 11.2 Å². The van der Waals surface area contributed by atoms with Crippen molar-refractivity contribution in [3.8, 4) is 5.75 Å². The van der Waals surface area contributed by atoms with Gasteiger partial charge < -0.3 is 14.2 Å². The van der Waals surface area contributed by atoms with Crippen molar-refractivity contribution in [3.05, 3.63) is 80.7 Å². The molecule has 9 heteroatoms. The smallest absolute Gasteiger partial charge is 0.332 e. The highest BCUT2D eigenvalue weighted by Gasteiger charge is 2.30.